The van der Waals surface area contributed by atoms with Gasteiger partial charge in [-0.05, 0) is 37.6 Å². The molecule has 2 unspecified atom stereocenters. The Kier molecular flexibility index (Phi) is 4.45. The summed E-state index contributed by atoms with van der Waals surface area (Å²) in [6.45, 7) is 3.65. The van der Waals surface area contributed by atoms with E-state index in [0.717, 1.165) is 12.1 Å². The molecule has 0 saturated carbocycles. The third-order valence-corrected chi connectivity index (χ3v) is 3.32. The molecule has 20 heavy (non-hydrogen) atoms. The van der Waals surface area contributed by atoms with Crippen LogP contribution in [0.1, 0.15) is 37.1 Å². The van der Waals surface area contributed by atoms with Crippen molar-refractivity contribution in [2.24, 2.45) is 0 Å². The summed E-state index contributed by atoms with van der Waals surface area (Å²) in [5, 5.41) is 3.17. The van der Waals surface area contributed by atoms with Gasteiger partial charge in [-0.2, -0.15) is 0 Å². The van der Waals surface area contributed by atoms with Crippen LogP contribution in [0.4, 0.5) is 13.2 Å². The highest BCUT2D eigenvalue weighted by Gasteiger charge is 2.15. The largest absolute Gasteiger partial charge is 0.304 e. The molecular formula is C16H16F3N. The van der Waals surface area contributed by atoms with Gasteiger partial charge in [0.1, 0.15) is 5.82 Å². The number of nitrogens with one attached hydrogen (secondary N) is 1. The molecule has 2 aromatic carbocycles. The second-order valence-corrected chi connectivity index (χ2v) is 4.81. The van der Waals surface area contributed by atoms with Gasteiger partial charge < -0.3 is 5.32 Å². The van der Waals surface area contributed by atoms with E-state index in [1.54, 1.807) is 18.2 Å². The van der Waals surface area contributed by atoms with E-state index in [2.05, 4.69) is 5.32 Å². The fraction of sp³-hybridized carbons (Fsp3) is 0.250. The Morgan fingerprint density at radius 2 is 1.50 bits per heavy atom. The molecule has 106 valence electrons. The smallest absolute Gasteiger partial charge is 0.159 e. The van der Waals surface area contributed by atoms with Gasteiger partial charge in [0, 0.05) is 17.6 Å². The lowest BCUT2D eigenvalue weighted by Gasteiger charge is -2.21. The molecule has 0 spiro atoms. The molecule has 1 N–H and O–H groups in total. The zero-order valence-corrected chi connectivity index (χ0v) is 11.3. The van der Waals surface area contributed by atoms with Gasteiger partial charge in [-0.15, -0.1) is 0 Å². The zero-order chi connectivity index (χ0) is 14.7. The van der Waals surface area contributed by atoms with Crippen molar-refractivity contribution >= 4 is 0 Å². The average molecular weight is 279 g/mol. The first kappa shape index (κ1) is 14.6. The van der Waals surface area contributed by atoms with Crippen LogP contribution < -0.4 is 5.32 Å². The third kappa shape index (κ3) is 3.20. The summed E-state index contributed by atoms with van der Waals surface area (Å²) in [4.78, 5) is 0. The highest BCUT2D eigenvalue weighted by molar-refractivity contribution is 5.24. The Hall–Kier alpha value is -1.81. The van der Waals surface area contributed by atoms with Crippen LogP contribution in [-0.4, -0.2) is 0 Å². The lowest BCUT2D eigenvalue weighted by molar-refractivity contribution is 0.466. The fourth-order valence-corrected chi connectivity index (χ4v) is 2.17. The maximum absolute atomic E-state index is 13.7. The lowest BCUT2D eigenvalue weighted by Crippen LogP contribution is -2.23. The molecule has 0 aliphatic rings. The molecule has 0 aromatic heterocycles. The van der Waals surface area contributed by atoms with Crippen molar-refractivity contribution in [3.8, 4) is 0 Å². The molecule has 0 aliphatic heterocycles. The van der Waals surface area contributed by atoms with E-state index in [4.69, 9.17) is 0 Å². The lowest BCUT2D eigenvalue weighted by atomic mass is 10.0. The molecule has 0 saturated heterocycles. The van der Waals surface area contributed by atoms with Crippen LogP contribution in [0.25, 0.3) is 0 Å². The predicted molar refractivity (Wildman–Crippen MR) is 72.7 cm³/mol. The summed E-state index contributed by atoms with van der Waals surface area (Å²) in [5.74, 6) is -2.04. The fourth-order valence-electron chi connectivity index (χ4n) is 2.17. The molecule has 2 atom stereocenters. The van der Waals surface area contributed by atoms with E-state index >= 15 is 0 Å². The van der Waals surface area contributed by atoms with Gasteiger partial charge in [0.2, 0.25) is 0 Å². The van der Waals surface area contributed by atoms with Crippen molar-refractivity contribution in [3.63, 3.8) is 0 Å². The first-order valence-electron chi connectivity index (χ1n) is 6.44. The van der Waals surface area contributed by atoms with Crippen LogP contribution in [-0.2, 0) is 0 Å². The molecule has 0 radical (unpaired) electrons. The number of benzene rings is 2. The average Bonchev–Trinajstić information content (AvgIpc) is 2.42. The molecule has 0 amide bonds. The normalized spacial score (nSPS) is 14.1. The van der Waals surface area contributed by atoms with Crippen LogP contribution in [0.2, 0.25) is 0 Å². The van der Waals surface area contributed by atoms with Crippen LogP contribution in [0, 0.1) is 17.5 Å². The summed E-state index contributed by atoms with van der Waals surface area (Å²) in [6.07, 6.45) is 0. The van der Waals surface area contributed by atoms with Crippen LogP contribution >= 0.6 is 0 Å². The Bertz CT molecular complexity index is 598. The van der Waals surface area contributed by atoms with E-state index in [-0.39, 0.29) is 17.9 Å². The van der Waals surface area contributed by atoms with Gasteiger partial charge in [0.25, 0.3) is 0 Å². The highest BCUT2D eigenvalue weighted by Crippen LogP contribution is 2.22. The molecule has 0 aliphatic carbocycles. The van der Waals surface area contributed by atoms with Gasteiger partial charge in [-0.3, -0.25) is 0 Å². The Morgan fingerprint density at radius 1 is 0.800 bits per heavy atom. The topological polar surface area (TPSA) is 12.0 Å². The van der Waals surface area contributed by atoms with E-state index in [1.807, 2.05) is 13.8 Å². The molecule has 2 aromatic rings. The van der Waals surface area contributed by atoms with Crippen molar-refractivity contribution < 1.29 is 13.2 Å². The van der Waals surface area contributed by atoms with Crippen molar-refractivity contribution in [2.45, 2.75) is 25.9 Å². The number of hydrogen-bond donors (Lipinski definition) is 1. The minimum atomic E-state index is -0.880. The summed E-state index contributed by atoms with van der Waals surface area (Å²) < 4.78 is 39.8. The van der Waals surface area contributed by atoms with Crippen molar-refractivity contribution in [1.82, 2.24) is 5.32 Å². The SMILES string of the molecule is CC(NC(C)c1ccccc1F)c1ccc(F)c(F)c1. The van der Waals surface area contributed by atoms with Gasteiger partial charge in [0.15, 0.2) is 11.6 Å². The van der Waals surface area contributed by atoms with E-state index < -0.39 is 11.6 Å². The number of halogens is 3. The Balaban J connectivity index is 2.13. The van der Waals surface area contributed by atoms with Gasteiger partial charge >= 0.3 is 0 Å². The van der Waals surface area contributed by atoms with E-state index in [9.17, 15) is 13.2 Å². The quantitative estimate of drug-likeness (QED) is 0.868. The minimum absolute atomic E-state index is 0.222. The summed E-state index contributed by atoms with van der Waals surface area (Å²) in [7, 11) is 0. The maximum Gasteiger partial charge on any atom is 0.159 e. The molecule has 0 fully saturated rings. The summed E-state index contributed by atoms with van der Waals surface area (Å²) in [5.41, 5.74) is 1.16. The first-order valence-corrected chi connectivity index (χ1v) is 6.44. The van der Waals surface area contributed by atoms with Crippen LogP contribution in [0.3, 0.4) is 0 Å². The van der Waals surface area contributed by atoms with Gasteiger partial charge in [0.05, 0.1) is 0 Å². The van der Waals surface area contributed by atoms with E-state index in [0.29, 0.717) is 11.1 Å². The van der Waals surface area contributed by atoms with Crippen molar-refractivity contribution in [3.05, 3.63) is 71.0 Å². The second-order valence-electron chi connectivity index (χ2n) is 4.81. The molecule has 1 nitrogen and oxygen atoms in total. The Labute approximate surface area is 116 Å². The summed E-state index contributed by atoms with van der Waals surface area (Å²) in [6, 6.07) is 9.80. The summed E-state index contributed by atoms with van der Waals surface area (Å²) >= 11 is 0. The zero-order valence-electron chi connectivity index (χ0n) is 11.3. The first-order chi connectivity index (χ1) is 9.49. The van der Waals surface area contributed by atoms with Gasteiger partial charge in [-0.25, -0.2) is 13.2 Å². The Morgan fingerprint density at radius 3 is 2.15 bits per heavy atom. The van der Waals surface area contributed by atoms with Crippen LogP contribution in [0.15, 0.2) is 42.5 Å². The van der Waals surface area contributed by atoms with Crippen molar-refractivity contribution in [1.29, 1.82) is 0 Å². The molecular weight excluding hydrogens is 263 g/mol. The second kappa shape index (κ2) is 6.09. The molecule has 0 bridgehead atoms. The van der Waals surface area contributed by atoms with E-state index in [1.165, 1.54) is 12.1 Å². The number of hydrogen-bond acceptors (Lipinski definition) is 1. The van der Waals surface area contributed by atoms with Gasteiger partial charge in [-0.1, -0.05) is 24.3 Å². The monoisotopic (exact) mass is 279 g/mol. The standard InChI is InChI=1S/C16H16F3N/c1-10(12-7-8-15(18)16(19)9-12)20-11(2)13-5-3-4-6-14(13)17/h3-11,20H,1-2H3. The highest BCUT2D eigenvalue weighted by atomic mass is 19.2. The maximum atomic E-state index is 13.7. The minimum Gasteiger partial charge on any atom is -0.304 e. The molecule has 2 rings (SSSR count). The van der Waals surface area contributed by atoms with Crippen molar-refractivity contribution in [2.75, 3.05) is 0 Å². The van der Waals surface area contributed by atoms with Crippen LogP contribution in [0.5, 0.6) is 0 Å². The molecule has 0 heterocycles. The molecule has 4 heteroatoms. The predicted octanol–water partition coefficient (Wildman–Crippen LogP) is 4.52. The number of rotatable bonds is 4. The third-order valence-electron chi connectivity index (χ3n) is 3.32.